The van der Waals surface area contributed by atoms with Gasteiger partial charge in [0.2, 0.25) is 5.91 Å². The Morgan fingerprint density at radius 2 is 1.85 bits per heavy atom. The lowest BCUT2D eigenvalue weighted by Gasteiger charge is -2.14. The molecule has 0 aromatic heterocycles. The van der Waals surface area contributed by atoms with Gasteiger partial charge in [-0.3, -0.25) is 4.79 Å². The van der Waals surface area contributed by atoms with Crippen LogP contribution in [0.25, 0.3) is 0 Å². The van der Waals surface area contributed by atoms with Crippen LogP contribution in [0.2, 0.25) is 0 Å². The molecule has 0 fully saturated rings. The van der Waals surface area contributed by atoms with Gasteiger partial charge in [-0.25, -0.2) is 4.79 Å². The molecule has 0 unspecified atom stereocenters. The van der Waals surface area contributed by atoms with Crippen LogP contribution in [0.1, 0.15) is 19.4 Å². The van der Waals surface area contributed by atoms with Crippen molar-refractivity contribution in [1.29, 1.82) is 0 Å². The minimum atomic E-state index is -0.399. The Bertz CT molecular complexity index is 455. The maximum atomic E-state index is 11.6. The normalized spacial score (nSPS) is 11.6. The van der Waals surface area contributed by atoms with E-state index in [2.05, 4.69) is 5.32 Å². The average Bonchev–Trinajstić information content (AvgIpc) is 2.41. The minimum Gasteiger partial charge on any atom is -0.464 e. The van der Waals surface area contributed by atoms with Crippen molar-refractivity contribution in [2.75, 3.05) is 26.0 Å². The zero-order valence-corrected chi connectivity index (χ0v) is 12.5. The van der Waals surface area contributed by atoms with Gasteiger partial charge in [-0.05, 0) is 31.5 Å². The summed E-state index contributed by atoms with van der Waals surface area (Å²) < 4.78 is 4.93. The van der Waals surface area contributed by atoms with Gasteiger partial charge in [-0.1, -0.05) is 12.1 Å². The predicted octanol–water partition coefficient (Wildman–Crippen LogP) is 1.68. The van der Waals surface area contributed by atoms with E-state index in [1.165, 1.54) is 0 Å². The lowest BCUT2D eigenvalue weighted by Crippen LogP contribution is -2.28. The Labute approximate surface area is 119 Å². The monoisotopic (exact) mass is 278 g/mol. The molecular weight excluding hydrogens is 256 g/mol. The lowest BCUT2D eigenvalue weighted by atomic mass is 10.1. The summed E-state index contributed by atoms with van der Waals surface area (Å²) >= 11 is 0. The summed E-state index contributed by atoms with van der Waals surface area (Å²) in [5.74, 6) is -0.218. The van der Waals surface area contributed by atoms with Crippen molar-refractivity contribution in [3.05, 3.63) is 29.8 Å². The fraction of sp³-hybridized carbons (Fsp3) is 0.467. The molecule has 0 saturated heterocycles. The van der Waals surface area contributed by atoms with Crippen LogP contribution in [-0.2, 0) is 20.7 Å². The molecule has 20 heavy (non-hydrogen) atoms. The Morgan fingerprint density at radius 3 is 2.35 bits per heavy atom. The molecule has 1 aromatic carbocycles. The zero-order chi connectivity index (χ0) is 15.1. The summed E-state index contributed by atoms with van der Waals surface area (Å²) in [6.07, 6.45) is 0.376. The van der Waals surface area contributed by atoms with E-state index < -0.39 is 6.04 Å². The van der Waals surface area contributed by atoms with Gasteiger partial charge < -0.3 is 15.0 Å². The fourth-order valence-corrected chi connectivity index (χ4v) is 1.63. The van der Waals surface area contributed by atoms with Crippen LogP contribution in [0.3, 0.4) is 0 Å². The molecule has 1 aromatic rings. The number of hydrogen-bond donors (Lipinski definition) is 1. The number of carbonyl (C=O) groups excluding carboxylic acids is 2. The number of esters is 1. The molecule has 0 radical (unpaired) electrons. The molecule has 0 aliphatic rings. The van der Waals surface area contributed by atoms with Crippen LogP contribution in [0.5, 0.6) is 0 Å². The van der Waals surface area contributed by atoms with E-state index in [4.69, 9.17) is 4.74 Å². The standard InChI is InChI=1S/C15H22N2O3/c1-5-20-15(19)11(2)16-13-8-6-12(7-9-13)10-14(18)17(3)4/h6-9,11,16H,5,10H2,1-4H3/t11-/m0/s1. The number of amides is 1. The molecule has 0 saturated carbocycles. The summed E-state index contributed by atoms with van der Waals surface area (Å²) in [4.78, 5) is 24.6. The van der Waals surface area contributed by atoms with Gasteiger partial charge in [-0.2, -0.15) is 0 Å². The first-order valence-electron chi connectivity index (χ1n) is 6.66. The maximum Gasteiger partial charge on any atom is 0.328 e. The van der Waals surface area contributed by atoms with E-state index >= 15 is 0 Å². The number of nitrogens with zero attached hydrogens (tertiary/aromatic N) is 1. The number of carbonyl (C=O) groups is 2. The van der Waals surface area contributed by atoms with Gasteiger partial charge in [0.25, 0.3) is 0 Å². The second kappa shape index (κ2) is 7.53. The highest BCUT2D eigenvalue weighted by atomic mass is 16.5. The van der Waals surface area contributed by atoms with Crippen molar-refractivity contribution in [3.63, 3.8) is 0 Å². The molecule has 0 bridgehead atoms. The molecule has 0 heterocycles. The summed E-state index contributed by atoms with van der Waals surface area (Å²) in [5, 5.41) is 3.06. The Morgan fingerprint density at radius 1 is 1.25 bits per heavy atom. The highest BCUT2D eigenvalue weighted by molar-refractivity contribution is 5.79. The topological polar surface area (TPSA) is 58.6 Å². The van der Waals surface area contributed by atoms with Gasteiger partial charge in [0.1, 0.15) is 6.04 Å². The van der Waals surface area contributed by atoms with Gasteiger partial charge in [0.15, 0.2) is 0 Å². The van der Waals surface area contributed by atoms with E-state index in [-0.39, 0.29) is 11.9 Å². The molecular formula is C15H22N2O3. The van der Waals surface area contributed by atoms with Crippen molar-refractivity contribution in [1.82, 2.24) is 4.90 Å². The lowest BCUT2D eigenvalue weighted by molar-refractivity contribution is -0.143. The largest absolute Gasteiger partial charge is 0.464 e. The Balaban J connectivity index is 2.58. The first-order valence-corrected chi connectivity index (χ1v) is 6.66. The third-order valence-corrected chi connectivity index (χ3v) is 2.83. The van der Waals surface area contributed by atoms with Crippen LogP contribution in [0.15, 0.2) is 24.3 Å². The second-order valence-corrected chi connectivity index (χ2v) is 4.78. The molecule has 1 amide bonds. The van der Waals surface area contributed by atoms with Crippen LogP contribution >= 0.6 is 0 Å². The molecule has 0 spiro atoms. The smallest absolute Gasteiger partial charge is 0.328 e. The number of benzene rings is 1. The zero-order valence-electron chi connectivity index (χ0n) is 12.5. The van der Waals surface area contributed by atoms with Crippen LogP contribution < -0.4 is 5.32 Å². The van der Waals surface area contributed by atoms with Crippen molar-refractivity contribution in [3.8, 4) is 0 Å². The predicted molar refractivity (Wildman–Crippen MR) is 78.6 cm³/mol. The Kier molecular flexibility index (Phi) is 6.03. The molecule has 110 valence electrons. The summed E-state index contributed by atoms with van der Waals surface area (Å²) in [7, 11) is 3.47. The van der Waals surface area contributed by atoms with E-state index in [0.29, 0.717) is 13.0 Å². The molecule has 1 N–H and O–H groups in total. The second-order valence-electron chi connectivity index (χ2n) is 4.78. The number of hydrogen-bond acceptors (Lipinski definition) is 4. The van der Waals surface area contributed by atoms with Gasteiger partial charge >= 0.3 is 5.97 Å². The van der Waals surface area contributed by atoms with E-state index in [9.17, 15) is 9.59 Å². The average molecular weight is 278 g/mol. The van der Waals surface area contributed by atoms with Gasteiger partial charge in [0, 0.05) is 19.8 Å². The number of likely N-dealkylation sites (N-methyl/N-ethyl adjacent to an activating group) is 1. The first kappa shape index (κ1) is 16.0. The molecule has 0 aliphatic carbocycles. The highest BCUT2D eigenvalue weighted by Crippen LogP contribution is 2.12. The third-order valence-electron chi connectivity index (χ3n) is 2.83. The first-order chi connectivity index (χ1) is 9.43. The van der Waals surface area contributed by atoms with Crippen molar-refractivity contribution < 1.29 is 14.3 Å². The van der Waals surface area contributed by atoms with Crippen molar-refractivity contribution in [2.45, 2.75) is 26.3 Å². The molecule has 0 aliphatic heterocycles. The number of nitrogens with one attached hydrogen (secondary N) is 1. The third kappa shape index (κ3) is 4.91. The quantitative estimate of drug-likeness (QED) is 0.804. The number of anilines is 1. The van der Waals surface area contributed by atoms with Crippen molar-refractivity contribution >= 4 is 17.6 Å². The molecule has 5 nitrogen and oxygen atoms in total. The van der Waals surface area contributed by atoms with Crippen molar-refractivity contribution in [2.24, 2.45) is 0 Å². The minimum absolute atomic E-state index is 0.0607. The number of rotatable bonds is 6. The van der Waals surface area contributed by atoms with Crippen LogP contribution in [0, 0.1) is 0 Å². The highest BCUT2D eigenvalue weighted by Gasteiger charge is 2.13. The van der Waals surface area contributed by atoms with Crippen LogP contribution in [-0.4, -0.2) is 43.5 Å². The molecule has 5 heteroatoms. The summed E-state index contributed by atoms with van der Waals surface area (Å²) in [6.45, 7) is 3.90. The molecule has 1 rings (SSSR count). The number of ether oxygens (including phenoxy) is 1. The SMILES string of the molecule is CCOC(=O)[C@H](C)Nc1ccc(CC(=O)N(C)C)cc1. The van der Waals surface area contributed by atoms with E-state index in [1.807, 2.05) is 24.3 Å². The maximum absolute atomic E-state index is 11.6. The van der Waals surface area contributed by atoms with Gasteiger partial charge in [-0.15, -0.1) is 0 Å². The Hall–Kier alpha value is -2.04. The fourth-order valence-electron chi connectivity index (χ4n) is 1.63. The summed E-state index contributed by atoms with van der Waals surface area (Å²) in [5.41, 5.74) is 1.77. The summed E-state index contributed by atoms with van der Waals surface area (Å²) in [6, 6.07) is 7.06. The van der Waals surface area contributed by atoms with Crippen LogP contribution in [0.4, 0.5) is 5.69 Å². The van der Waals surface area contributed by atoms with E-state index in [0.717, 1.165) is 11.3 Å². The van der Waals surface area contributed by atoms with E-state index in [1.54, 1.807) is 32.8 Å². The van der Waals surface area contributed by atoms with Gasteiger partial charge in [0.05, 0.1) is 13.0 Å². The molecule has 1 atom stereocenters.